The Bertz CT molecular complexity index is 3600. The van der Waals surface area contributed by atoms with Crippen molar-refractivity contribution in [1.82, 2.24) is 4.57 Å². The molecule has 0 fully saturated rings. The number of hydrogen-bond acceptors (Lipinski definition) is 2. The number of anilines is 3. The standard InChI is InChI=1S/C60H40N2O/c1-4-16-41(17-5-1)42-30-34-48(35-31-42)61(46-19-6-2-7-20-46)49-23-14-18-45(38-49)50-36-32-43(39-55(50)54-27-15-26-53-52-25-11-13-29-59(52)63-60(53)54)44-33-37-58-56(40-44)51-24-10-12-28-57(51)62(58)47-21-8-3-9-22-47/h1-40H. The van der Waals surface area contributed by atoms with Crippen LogP contribution in [0.2, 0.25) is 0 Å². The van der Waals surface area contributed by atoms with Gasteiger partial charge in [-0.2, -0.15) is 0 Å². The molecule has 0 atom stereocenters. The Morgan fingerprint density at radius 3 is 1.70 bits per heavy atom. The maximum atomic E-state index is 6.73. The van der Waals surface area contributed by atoms with E-state index >= 15 is 0 Å². The van der Waals surface area contributed by atoms with Crippen molar-refractivity contribution in [2.45, 2.75) is 0 Å². The lowest BCUT2D eigenvalue weighted by atomic mass is 9.89. The predicted molar refractivity (Wildman–Crippen MR) is 264 cm³/mol. The van der Waals surface area contributed by atoms with Crippen molar-refractivity contribution in [2.24, 2.45) is 0 Å². The van der Waals surface area contributed by atoms with E-state index in [0.29, 0.717) is 0 Å². The maximum absolute atomic E-state index is 6.73. The molecule has 0 saturated heterocycles. The van der Waals surface area contributed by atoms with Gasteiger partial charge in [0.1, 0.15) is 11.2 Å². The largest absolute Gasteiger partial charge is 0.455 e. The summed E-state index contributed by atoms with van der Waals surface area (Å²) in [6.07, 6.45) is 0. The van der Waals surface area contributed by atoms with Crippen LogP contribution in [0, 0.1) is 0 Å². The Balaban J connectivity index is 1.03. The van der Waals surface area contributed by atoms with Crippen LogP contribution in [0.25, 0.3) is 93.9 Å². The Hall–Kier alpha value is -8.40. The zero-order valence-electron chi connectivity index (χ0n) is 34.4. The molecule has 0 radical (unpaired) electrons. The second kappa shape index (κ2) is 15.3. The number of para-hydroxylation sites is 5. The molecule has 0 unspecified atom stereocenters. The molecule has 12 rings (SSSR count). The van der Waals surface area contributed by atoms with Crippen molar-refractivity contribution in [2.75, 3.05) is 4.90 Å². The molecule has 0 aliphatic carbocycles. The fraction of sp³-hybridized carbons (Fsp3) is 0. The SMILES string of the molecule is c1ccc(-c2ccc(N(c3ccccc3)c3cccc(-c4ccc(-c5ccc6c(c5)c5ccccc5n6-c5ccccc5)cc4-c4cccc5c4oc4ccccc45)c3)cc2)cc1. The zero-order chi connectivity index (χ0) is 41.7. The fourth-order valence-electron chi connectivity index (χ4n) is 9.44. The molecule has 0 aliphatic heterocycles. The van der Waals surface area contributed by atoms with Gasteiger partial charge in [0, 0.05) is 49.9 Å². The van der Waals surface area contributed by atoms with E-state index in [1.54, 1.807) is 0 Å². The molecule has 10 aromatic carbocycles. The molecular weight excluding hydrogens is 765 g/mol. The number of nitrogens with zero attached hydrogens (tertiary/aromatic N) is 2. The van der Waals surface area contributed by atoms with Gasteiger partial charge in [-0.1, -0.05) is 164 Å². The van der Waals surface area contributed by atoms with Crippen LogP contribution < -0.4 is 4.90 Å². The number of hydrogen-bond donors (Lipinski definition) is 0. The van der Waals surface area contributed by atoms with Crippen molar-refractivity contribution in [3.05, 3.63) is 243 Å². The minimum Gasteiger partial charge on any atom is -0.455 e. The smallest absolute Gasteiger partial charge is 0.143 e. The van der Waals surface area contributed by atoms with Crippen LogP contribution in [-0.4, -0.2) is 4.57 Å². The Labute approximate surface area is 366 Å². The molecule has 63 heavy (non-hydrogen) atoms. The monoisotopic (exact) mass is 804 g/mol. The molecule has 0 N–H and O–H groups in total. The van der Waals surface area contributed by atoms with Gasteiger partial charge in [0.15, 0.2) is 0 Å². The molecule has 3 heteroatoms. The Morgan fingerprint density at radius 1 is 0.302 bits per heavy atom. The summed E-state index contributed by atoms with van der Waals surface area (Å²) < 4.78 is 9.10. The van der Waals surface area contributed by atoms with Crippen LogP contribution in [0.4, 0.5) is 17.1 Å². The highest BCUT2D eigenvalue weighted by atomic mass is 16.3. The lowest BCUT2D eigenvalue weighted by Gasteiger charge is -2.26. The predicted octanol–water partition coefficient (Wildman–Crippen LogP) is 16.8. The first-order chi connectivity index (χ1) is 31.2. The average Bonchev–Trinajstić information content (AvgIpc) is 3.91. The molecule has 0 saturated carbocycles. The lowest BCUT2D eigenvalue weighted by Crippen LogP contribution is -2.09. The molecule has 12 aromatic rings. The van der Waals surface area contributed by atoms with E-state index in [9.17, 15) is 0 Å². The molecular formula is C60H40N2O. The van der Waals surface area contributed by atoms with Gasteiger partial charge in [-0.25, -0.2) is 0 Å². The van der Waals surface area contributed by atoms with Crippen molar-refractivity contribution in [3.63, 3.8) is 0 Å². The lowest BCUT2D eigenvalue weighted by molar-refractivity contribution is 0.670. The summed E-state index contributed by atoms with van der Waals surface area (Å²) in [5.74, 6) is 0. The topological polar surface area (TPSA) is 21.3 Å². The fourth-order valence-corrected chi connectivity index (χ4v) is 9.44. The molecule has 3 nitrogen and oxygen atoms in total. The summed E-state index contributed by atoms with van der Waals surface area (Å²) in [5.41, 5.74) is 17.7. The van der Waals surface area contributed by atoms with Crippen LogP contribution >= 0.6 is 0 Å². The van der Waals surface area contributed by atoms with Crippen molar-refractivity contribution in [3.8, 4) is 50.2 Å². The number of furan rings is 1. The summed E-state index contributed by atoms with van der Waals surface area (Å²) in [7, 11) is 0. The van der Waals surface area contributed by atoms with Crippen LogP contribution in [0.15, 0.2) is 247 Å². The number of fused-ring (bicyclic) bond motifs is 6. The molecule has 0 bridgehead atoms. The van der Waals surface area contributed by atoms with Crippen LogP contribution in [0.1, 0.15) is 0 Å². The van der Waals surface area contributed by atoms with E-state index in [2.05, 4.69) is 246 Å². The molecule has 296 valence electrons. The quantitative estimate of drug-likeness (QED) is 0.153. The third-order valence-corrected chi connectivity index (χ3v) is 12.4. The number of rotatable bonds is 8. The van der Waals surface area contributed by atoms with Gasteiger partial charge in [0.25, 0.3) is 0 Å². The van der Waals surface area contributed by atoms with Crippen LogP contribution in [-0.2, 0) is 0 Å². The third kappa shape index (κ3) is 6.38. The summed E-state index contributed by atoms with van der Waals surface area (Å²) in [6.45, 7) is 0. The van der Waals surface area contributed by atoms with Crippen molar-refractivity contribution in [1.29, 1.82) is 0 Å². The molecule has 0 amide bonds. The summed E-state index contributed by atoms with van der Waals surface area (Å²) in [5, 5.41) is 4.68. The highest BCUT2D eigenvalue weighted by Crippen LogP contribution is 2.44. The van der Waals surface area contributed by atoms with Gasteiger partial charge in [-0.15, -0.1) is 0 Å². The van der Waals surface area contributed by atoms with Gasteiger partial charge in [-0.3, -0.25) is 0 Å². The van der Waals surface area contributed by atoms with Crippen molar-refractivity contribution < 1.29 is 4.42 Å². The highest BCUT2D eigenvalue weighted by Gasteiger charge is 2.20. The molecule has 0 aliphatic rings. The van der Waals surface area contributed by atoms with E-state index in [-0.39, 0.29) is 0 Å². The Kier molecular flexibility index (Phi) is 8.83. The van der Waals surface area contributed by atoms with Gasteiger partial charge in [0.05, 0.1) is 11.0 Å². The molecule has 2 aromatic heterocycles. The van der Waals surface area contributed by atoms with E-state index < -0.39 is 0 Å². The maximum Gasteiger partial charge on any atom is 0.143 e. The first-order valence-electron chi connectivity index (χ1n) is 21.5. The second-order valence-electron chi connectivity index (χ2n) is 16.1. The van der Waals surface area contributed by atoms with Crippen molar-refractivity contribution >= 4 is 60.8 Å². The van der Waals surface area contributed by atoms with Crippen LogP contribution in [0.5, 0.6) is 0 Å². The number of aromatic nitrogens is 1. The Morgan fingerprint density at radius 2 is 0.873 bits per heavy atom. The second-order valence-corrected chi connectivity index (χ2v) is 16.1. The van der Waals surface area contributed by atoms with Gasteiger partial charge >= 0.3 is 0 Å². The highest BCUT2D eigenvalue weighted by molar-refractivity contribution is 6.12. The average molecular weight is 805 g/mol. The number of benzene rings is 10. The zero-order valence-corrected chi connectivity index (χ0v) is 34.4. The summed E-state index contributed by atoms with van der Waals surface area (Å²) >= 11 is 0. The first-order valence-corrected chi connectivity index (χ1v) is 21.5. The van der Waals surface area contributed by atoms with E-state index in [1.165, 1.54) is 32.9 Å². The molecule has 0 spiro atoms. The minimum atomic E-state index is 0.886. The van der Waals surface area contributed by atoms with Gasteiger partial charge in [0.2, 0.25) is 0 Å². The minimum absolute atomic E-state index is 0.886. The van der Waals surface area contributed by atoms with E-state index in [0.717, 1.165) is 78.1 Å². The van der Waals surface area contributed by atoms with Crippen LogP contribution in [0.3, 0.4) is 0 Å². The molecule has 2 heterocycles. The first kappa shape index (κ1) is 36.5. The van der Waals surface area contributed by atoms with E-state index in [4.69, 9.17) is 4.42 Å². The normalized spacial score (nSPS) is 11.5. The third-order valence-electron chi connectivity index (χ3n) is 12.4. The van der Waals surface area contributed by atoms with Gasteiger partial charge < -0.3 is 13.9 Å². The van der Waals surface area contributed by atoms with Gasteiger partial charge in [-0.05, 0) is 118 Å². The summed E-state index contributed by atoms with van der Waals surface area (Å²) in [4.78, 5) is 2.34. The van der Waals surface area contributed by atoms with E-state index in [1.807, 2.05) is 6.07 Å². The summed E-state index contributed by atoms with van der Waals surface area (Å²) in [6, 6.07) is 87.1.